The molecule has 0 spiro atoms. The number of aromatic carboxylic acids is 1. The molecule has 1 aromatic heterocycles. The van der Waals surface area contributed by atoms with Gasteiger partial charge in [0.2, 0.25) is 0 Å². The van der Waals surface area contributed by atoms with E-state index in [-0.39, 0.29) is 17.2 Å². The van der Waals surface area contributed by atoms with Crippen LogP contribution in [0.15, 0.2) is 12.1 Å². The SMILES string of the molecule is Cc1nc(C(=O)NCC2CCCN(C)C2)ccc1C(=O)O. The molecule has 2 N–H and O–H groups in total. The van der Waals surface area contributed by atoms with E-state index in [1.54, 1.807) is 6.92 Å². The molecule has 1 aliphatic heterocycles. The summed E-state index contributed by atoms with van der Waals surface area (Å²) in [6.45, 7) is 4.33. The van der Waals surface area contributed by atoms with Crippen LogP contribution in [0.1, 0.15) is 39.4 Å². The summed E-state index contributed by atoms with van der Waals surface area (Å²) >= 11 is 0. The quantitative estimate of drug-likeness (QED) is 0.870. The molecule has 6 nitrogen and oxygen atoms in total. The highest BCUT2D eigenvalue weighted by molar-refractivity contribution is 5.94. The largest absolute Gasteiger partial charge is 0.478 e. The number of rotatable bonds is 4. The van der Waals surface area contributed by atoms with Gasteiger partial charge in [-0.25, -0.2) is 9.78 Å². The van der Waals surface area contributed by atoms with Gasteiger partial charge in [-0.15, -0.1) is 0 Å². The molecule has 1 saturated heterocycles. The number of aryl methyl sites for hydroxylation is 1. The van der Waals surface area contributed by atoms with Gasteiger partial charge >= 0.3 is 5.97 Å². The fraction of sp³-hybridized carbons (Fsp3) is 0.533. The molecule has 1 fully saturated rings. The molecule has 114 valence electrons. The maximum atomic E-state index is 12.1. The van der Waals surface area contributed by atoms with Gasteiger partial charge < -0.3 is 15.3 Å². The van der Waals surface area contributed by atoms with Gasteiger partial charge in [0, 0.05) is 13.1 Å². The normalized spacial score (nSPS) is 19.2. The Hall–Kier alpha value is -1.95. The number of carbonyl (C=O) groups is 2. The highest BCUT2D eigenvalue weighted by Crippen LogP contribution is 2.14. The van der Waals surface area contributed by atoms with Crippen LogP contribution in [-0.2, 0) is 0 Å². The van der Waals surface area contributed by atoms with Gasteiger partial charge in [-0.05, 0) is 51.4 Å². The number of nitrogens with one attached hydrogen (secondary N) is 1. The van der Waals surface area contributed by atoms with Crippen LogP contribution in [0.4, 0.5) is 0 Å². The van der Waals surface area contributed by atoms with Crippen LogP contribution in [-0.4, -0.2) is 53.5 Å². The van der Waals surface area contributed by atoms with E-state index in [0.29, 0.717) is 18.2 Å². The zero-order chi connectivity index (χ0) is 15.4. The van der Waals surface area contributed by atoms with Crippen LogP contribution in [0.3, 0.4) is 0 Å². The summed E-state index contributed by atoms with van der Waals surface area (Å²) in [5.41, 5.74) is 0.745. The van der Waals surface area contributed by atoms with E-state index in [4.69, 9.17) is 5.11 Å². The minimum Gasteiger partial charge on any atom is -0.478 e. The number of hydrogen-bond acceptors (Lipinski definition) is 4. The summed E-state index contributed by atoms with van der Waals surface area (Å²) in [7, 11) is 2.09. The first-order valence-electron chi connectivity index (χ1n) is 7.15. The van der Waals surface area contributed by atoms with E-state index in [1.165, 1.54) is 12.1 Å². The third-order valence-corrected chi connectivity index (χ3v) is 3.82. The number of amides is 1. The van der Waals surface area contributed by atoms with Crippen LogP contribution in [0, 0.1) is 12.8 Å². The number of aromatic nitrogens is 1. The van der Waals surface area contributed by atoms with E-state index >= 15 is 0 Å². The molecule has 2 heterocycles. The van der Waals surface area contributed by atoms with Gasteiger partial charge in [0.05, 0.1) is 11.3 Å². The van der Waals surface area contributed by atoms with Crippen molar-refractivity contribution in [3.63, 3.8) is 0 Å². The topological polar surface area (TPSA) is 82.5 Å². The summed E-state index contributed by atoms with van der Waals surface area (Å²) in [6.07, 6.45) is 2.27. The summed E-state index contributed by atoms with van der Waals surface area (Å²) in [5, 5.41) is 11.8. The molecule has 21 heavy (non-hydrogen) atoms. The lowest BCUT2D eigenvalue weighted by atomic mass is 9.98. The Morgan fingerprint density at radius 1 is 1.48 bits per heavy atom. The monoisotopic (exact) mass is 291 g/mol. The van der Waals surface area contributed by atoms with Crippen LogP contribution < -0.4 is 5.32 Å². The predicted octanol–water partition coefficient (Wildman–Crippen LogP) is 1.16. The Morgan fingerprint density at radius 2 is 2.24 bits per heavy atom. The van der Waals surface area contributed by atoms with Crippen molar-refractivity contribution in [1.82, 2.24) is 15.2 Å². The molecule has 2 rings (SSSR count). The summed E-state index contributed by atoms with van der Waals surface area (Å²) in [6, 6.07) is 2.88. The maximum absolute atomic E-state index is 12.1. The second-order valence-electron chi connectivity index (χ2n) is 5.62. The van der Waals surface area contributed by atoms with Gasteiger partial charge in [0.25, 0.3) is 5.91 Å². The zero-order valence-corrected chi connectivity index (χ0v) is 12.4. The average molecular weight is 291 g/mol. The lowest BCUT2D eigenvalue weighted by molar-refractivity contribution is 0.0694. The number of nitrogens with zero attached hydrogens (tertiary/aromatic N) is 2. The third-order valence-electron chi connectivity index (χ3n) is 3.82. The van der Waals surface area contributed by atoms with Crippen molar-refractivity contribution < 1.29 is 14.7 Å². The summed E-state index contributed by atoms with van der Waals surface area (Å²) < 4.78 is 0. The standard InChI is InChI=1S/C15H21N3O3/c1-10-12(15(20)21)5-6-13(17-10)14(19)16-8-11-4-3-7-18(2)9-11/h5-6,11H,3-4,7-9H2,1-2H3,(H,16,19)(H,20,21). The number of piperidine rings is 1. The molecule has 1 amide bonds. The van der Waals surface area contributed by atoms with Gasteiger partial charge in [0.1, 0.15) is 5.69 Å². The predicted molar refractivity (Wildman–Crippen MR) is 78.5 cm³/mol. The molecule has 0 saturated carbocycles. The van der Waals surface area contributed by atoms with Crippen LogP contribution >= 0.6 is 0 Å². The molecule has 0 aliphatic carbocycles. The van der Waals surface area contributed by atoms with E-state index in [9.17, 15) is 9.59 Å². The van der Waals surface area contributed by atoms with Crippen LogP contribution in [0.5, 0.6) is 0 Å². The molecule has 6 heteroatoms. The summed E-state index contributed by atoms with van der Waals surface area (Å²) in [4.78, 5) is 29.3. The van der Waals surface area contributed by atoms with E-state index < -0.39 is 5.97 Å². The minimum atomic E-state index is -1.03. The molecular weight excluding hydrogens is 270 g/mol. The highest BCUT2D eigenvalue weighted by atomic mass is 16.4. The Kier molecular flexibility index (Phi) is 4.90. The lowest BCUT2D eigenvalue weighted by Gasteiger charge is -2.29. The van der Waals surface area contributed by atoms with Crippen LogP contribution in [0.25, 0.3) is 0 Å². The molecule has 1 atom stereocenters. The first-order valence-corrected chi connectivity index (χ1v) is 7.15. The van der Waals surface area contributed by atoms with Crippen molar-refractivity contribution in [1.29, 1.82) is 0 Å². The van der Waals surface area contributed by atoms with Crippen molar-refractivity contribution >= 4 is 11.9 Å². The fourth-order valence-electron chi connectivity index (χ4n) is 2.68. The first-order chi connectivity index (χ1) is 9.97. The van der Waals surface area contributed by atoms with Crippen LogP contribution in [0.2, 0.25) is 0 Å². The molecular formula is C15H21N3O3. The van der Waals surface area contributed by atoms with Crippen molar-refractivity contribution in [2.75, 3.05) is 26.7 Å². The summed E-state index contributed by atoms with van der Waals surface area (Å²) in [5.74, 6) is -0.812. The molecule has 0 radical (unpaired) electrons. The zero-order valence-electron chi connectivity index (χ0n) is 12.4. The van der Waals surface area contributed by atoms with Crippen molar-refractivity contribution in [2.24, 2.45) is 5.92 Å². The smallest absolute Gasteiger partial charge is 0.337 e. The minimum absolute atomic E-state index is 0.125. The number of carbonyl (C=O) groups excluding carboxylic acids is 1. The Bertz CT molecular complexity index is 545. The number of likely N-dealkylation sites (tertiary alicyclic amines) is 1. The maximum Gasteiger partial charge on any atom is 0.337 e. The van der Waals surface area contributed by atoms with E-state index in [1.807, 2.05) is 0 Å². The second kappa shape index (κ2) is 6.67. The van der Waals surface area contributed by atoms with Crippen molar-refractivity contribution in [3.05, 3.63) is 29.1 Å². The fourth-order valence-corrected chi connectivity index (χ4v) is 2.68. The van der Waals surface area contributed by atoms with Gasteiger partial charge in [0.15, 0.2) is 0 Å². The first kappa shape index (κ1) is 15.4. The average Bonchev–Trinajstić information content (AvgIpc) is 2.44. The van der Waals surface area contributed by atoms with E-state index in [2.05, 4.69) is 22.2 Å². The Morgan fingerprint density at radius 3 is 2.86 bits per heavy atom. The lowest BCUT2D eigenvalue weighted by Crippen LogP contribution is -2.39. The highest BCUT2D eigenvalue weighted by Gasteiger charge is 2.19. The Labute approximate surface area is 124 Å². The van der Waals surface area contributed by atoms with Gasteiger partial charge in [-0.3, -0.25) is 4.79 Å². The van der Waals surface area contributed by atoms with Gasteiger partial charge in [-0.2, -0.15) is 0 Å². The van der Waals surface area contributed by atoms with Crippen molar-refractivity contribution in [2.45, 2.75) is 19.8 Å². The van der Waals surface area contributed by atoms with Gasteiger partial charge in [-0.1, -0.05) is 0 Å². The molecule has 0 bridgehead atoms. The second-order valence-corrected chi connectivity index (χ2v) is 5.62. The molecule has 0 aromatic carbocycles. The number of pyridine rings is 1. The number of hydrogen-bond donors (Lipinski definition) is 2. The number of carboxylic acids is 1. The molecule has 1 aromatic rings. The molecule has 1 aliphatic rings. The Balaban J connectivity index is 1.94. The molecule has 1 unspecified atom stereocenters. The van der Waals surface area contributed by atoms with E-state index in [0.717, 1.165) is 25.9 Å². The number of carboxylic acid groups (broad SMARTS) is 1. The third kappa shape index (κ3) is 4.01. The van der Waals surface area contributed by atoms with Crippen molar-refractivity contribution in [3.8, 4) is 0 Å².